The van der Waals surface area contributed by atoms with Crippen LogP contribution in [-0.2, 0) is 11.2 Å². The van der Waals surface area contributed by atoms with Crippen molar-refractivity contribution in [2.45, 2.75) is 12.8 Å². The second kappa shape index (κ2) is 4.74. The van der Waals surface area contributed by atoms with E-state index in [1.54, 1.807) is 25.1 Å². The largest absolute Gasteiger partial charge is 0.375 e. The van der Waals surface area contributed by atoms with Crippen LogP contribution in [0.3, 0.4) is 0 Å². The Morgan fingerprint density at radius 3 is 2.64 bits per heavy atom. The molecule has 0 atom stereocenters. The summed E-state index contributed by atoms with van der Waals surface area (Å²) in [5, 5.41) is 0. The highest BCUT2D eigenvalue weighted by molar-refractivity contribution is 5.51. The molecule has 0 aliphatic carbocycles. The zero-order valence-corrected chi connectivity index (χ0v) is 8.46. The number of carbonyl (C=O) groups excluding carboxylic acids is 1. The normalized spacial score (nSPS) is 9.93. The second-order valence-corrected chi connectivity index (χ2v) is 3.39. The van der Waals surface area contributed by atoms with E-state index in [9.17, 15) is 9.18 Å². The van der Waals surface area contributed by atoms with Crippen LogP contribution < -0.4 is 4.90 Å². The van der Waals surface area contributed by atoms with Crippen molar-refractivity contribution < 1.29 is 9.18 Å². The molecule has 3 heteroatoms. The van der Waals surface area contributed by atoms with Crippen LogP contribution in [0.15, 0.2) is 18.2 Å². The molecule has 0 saturated carbocycles. The number of carbonyl (C=O) groups is 1. The zero-order chi connectivity index (χ0) is 10.6. The van der Waals surface area contributed by atoms with Crippen LogP contribution in [0.5, 0.6) is 0 Å². The third-order valence-corrected chi connectivity index (χ3v) is 2.04. The number of hydrogen-bond acceptors (Lipinski definition) is 2. The van der Waals surface area contributed by atoms with Crippen LogP contribution in [0.1, 0.15) is 12.0 Å². The summed E-state index contributed by atoms with van der Waals surface area (Å²) in [6, 6.07) is 5.07. The van der Waals surface area contributed by atoms with Crippen molar-refractivity contribution >= 4 is 12.0 Å². The average molecular weight is 195 g/mol. The molecule has 2 nitrogen and oxygen atoms in total. The molecule has 0 saturated heterocycles. The van der Waals surface area contributed by atoms with Gasteiger partial charge in [-0.05, 0) is 24.1 Å². The SMILES string of the molecule is CN(C)c1ccc(CCC=O)cc1F. The molecule has 0 unspecified atom stereocenters. The number of rotatable bonds is 4. The van der Waals surface area contributed by atoms with E-state index in [1.807, 2.05) is 6.07 Å². The van der Waals surface area contributed by atoms with E-state index in [-0.39, 0.29) is 5.82 Å². The van der Waals surface area contributed by atoms with Crippen LogP contribution in [0.2, 0.25) is 0 Å². The molecule has 0 aliphatic heterocycles. The Hall–Kier alpha value is -1.38. The van der Waals surface area contributed by atoms with Gasteiger partial charge in [-0.15, -0.1) is 0 Å². The first kappa shape index (κ1) is 10.7. The van der Waals surface area contributed by atoms with Gasteiger partial charge >= 0.3 is 0 Å². The minimum absolute atomic E-state index is 0.238. The lowest BCUT2D eigenvalue weighted by atomic mass is 10.1. The first-order chi connectivity index (χ1) is 6.65. The van der Waals surface area contributed by atoms with E-state index in [0.717, 1.165) is 11.8 Å². The molecular formula is C11H14FNO. The molecule has 14 heavy (non-hydrogen) atoms. The fourth-order valence-corrected chi connectivity index (χ4v) is 1.29. The zero-order valence-electron chi connectivity index (χ0n) is 8.46. The van der Waals surface area contributed by atoms with Crippen LogP contribution >= 0.6 is 0 Å². The Morgan fingerprint density at radius 2 is 2.14 bits per heavy atom. The van der Waals surface area contributed by atoms with Gasteiger partial charge in [-0.2, -0.15) is 0 Å². The van der Waals surface area contributed by atoms with Gasteiger partial charge in [0.15, 0.2) is 0 Å². The molecule has 0 bridgehead atoms. The summed E-state index contributed by atoms with van der Waals surface area (Å²) in [5.41, 5.74) is 1.43. The van der Waals surface area contributed by atoms with Crippen molar-refractivity contribution in [3.05, 3.63) is 29.6 Å². The summed E-state index contributed by atoms with van der Waals surface area (Å²) in [6.45, 7) is 0. The number of nitrogens with zero attached hydrogens (tertiary/aromatic N) is 1. The summed E-state index contributed by atoms with van der Waals surface area (Å²) in [7, 11) is 3.59. The first-order valence-electron chi connectivity index (χ1n) is 4.54. The molecule has 1 aromatic rings. The number of aldehydes is 1. The molecule has 0 fully saturated rings. The van der Waals surface area contributed by atoms with Crippen molar-refractivity contribution in [3.8, 4) is 0 Å². The van der Waals surface area contributed by atoms with E-state index in [0.29, 0.717) is 18.5 Å². The summed E-state index contributed by atoms with van der Waals surface area (Å²) >= 11 is 0. The summed E-state index contributed by atoms with van der Waals surface area (Å²) in [5.74, 6) is -0.238. The number of halogens is 1. The lowest BCUT2D eigenvalue weighted by Crippen LogP contribution is -2.10. The number of benzene rings is 1. The van der Waals surface area contributed by atoms with Gasteiger partial charge in [0.1, 0.15) is 12.1 Å². The van der Waals surface area contributed by atoms with Gasteiger partial charge in [0.05, 0.1) is 5.69 Å². The Labute approximate surface area is 83.3 Å². The minimum Gasteiger partial charge on any atom is -0.375 e. The lowest BCUT2D eigenvalue weighted by Gasteiger charge is -2.13. The molecule has 1 rings (SSSR count). The fourth-order valence-electron chi connectivity index (χ4n) is 1.29. The van der Waals surface area contributed by atoms with Crippen molar-refractivity contribution in [2.24, 2.45) is 0 Å². The third kappa shape index (κ3) is 2.55. The van der Waals surface area contributed by atoms with Gasteiger partial charge < -0.3 is 9.69 Å². The molecule has 0 heterocycles. The fraction of sp³-hybridized carbons (Fsp3) is 0.364. The van der Waals surface area contributed by atoms with Gasteiger partial charge in [-0.3, -0.25) is 0 Å². The molecule has 0 aromatic heterocycles. The van der Waals surface area contributed by atoms with E-state index < -0.39 is 0 Å². The van der Waals surface area contributed by atoms with E-state index >= 15 is 0 Å². The number of anilines is 1. The van der Waals surface area contributed by atoms with E-state index in [4.69, 9.17) is 0 Å². The van der Waals surface area contributed by atoms with Crippen LogP contribution in [0, 0.1) is 5.82 Å². The van der Waals surface area contributed by atoms with Gasteiger partial charge in [0.25, 0.3) is 0 Å². The predicted molar refractivity (Wildman–Crippen MR) is 55.1 cm³/mol. The number of aryl methyl sites for hydroxylation is 1. The van der Waals surface area contributed by atoms with Gasteiger partial charge in [-0.1, -0.05) is 6.07 Å². The molecule has 0 amide bonds. The predicted octanol–water partition coefficient (Wildman–Crippen LogP) is 2.02. The molecule has 0 N–H and O–H groups in total. The van der Waals surface area contributed by atoms with Crippen molar-refractivity contribution in [1.29, 1.82) is 0 Å². The second-order valence-electron chi connectivity index (χ2n) is 3.39. The highest BCUT2D eigenvalue weighted by atomic mass is 19.1. The van der Waals surface area contributed by atoms with E-state index in [1.165, 1.54) is 6.07 Å². The molecular weight excluding hydrogens is 181 g/mol. The summed E-state index contributed by atoms with van der Waals surface area (Å²) < 4.78 is 13.4. The van der Waals surface area contributed by atoms with E-state index in [2.05, 4.69) is 0 Å². The molecule has 76 valence electrons. The Kier molecular flexibility index (Phi) is 3.63. The molecule has 0 aliphatic rings. The van der Waals surface area contributed by atoms with Crippen molar-refractivity contribution in [3.63, 3.8) is 0 Å². The quantitative estimate of drug-likeness (QED) is 0.685. The standard InChI is InChI=1S/C11H14FNO/c1-13(2)11-6-5-9(4-3-7-14)8-10(11)12/h5-8H,3-4H2,1-2H3. The molecule has 1 aromatic carbocycles. The third-order valence-electron chi connectivity index (χ3n) is 2.04. The Morgan fingerprint density at radius 1 is 1.43 bits per heavy atom. The number of hydrogen-bond donors (Lipinski definition) is 0. The van der Waals surface area contributed by atoms with Gasteiger partial charge in [0, 0.05) is 20.5 Å². The smallest absolute Gasteiger partial charge is 0.146 e. The minimum atomic E-state index is -0.238. The Bertz CT molecular complexity index is 323. The monoisotopic (exact) mass is 195 g/mol. The maximum absolute atomic E-state index is 13.4. The van der Waals surface area contributed by atoms with Crippen LogP contribution in [-0.4, -0.2) is 20.4 Å². The Balaban J connectivity index is 2.83. The average Bonchev–Trinajstić information content (AvgIpc) is 2.14. The van der Waals surface area contributed by atoms with Gasteiger partial charge in [0.2, 0.25) is 0 Å². The van der Waals surface area contributed by atoms with Crippen molar-refractivity contribution in [2.75, 3.05) is 19.0 Å². The molecule has 0 radical (unpaired) electrons. The lowest BCUT2D eigenvalue weighted by molar-refractivity contribution is -0.107. The highest BCUT2D eigenvalue weighted by Gasteiger charge is 2.04. The summed E-state index contributed by atoms with van der Waals surface area (Å²) in [6.07, 6.45) is 1.90. The topological polar surface area (TPSA) is 20.3 Å². The summed E-state index contributed by atoms with van der Waals surface area (Å²) in [4.78, 5) is 11.9. The maximum Gasteiger partial charge on any atom is 0.146 e. The molecule has 0 spiro atoms. The maximum atomic E-state index is 13.4. The van der Waals surface area contributed by atoms with Gasteiger partial charge in [-0.25, -0.2) is 4.39 Å². The van der Waals surface area contributed by atoms with Crippen molar-refractivity contribution in [1.82, 2.24) is 0 Å². The first-order valence-corrected chi connectivity index (χ1v) is 4.54. The van der Waals surface area contributed by atoms with Crippen LogP contribution in [0.25, 0.3) is 0 Å². The highest BCUT2D eigenvalue weighted by Crippen LogP contribution is 2.18. The van der Waals surface area contributed by atoms with Crippen LogP contribution in [0.4, 0.5) is 10.1 Å².